The molecule has 0 radical (unpaired) electrons. The van der Waals surface area contributed by atoms with Crippen LogP contribution in [-0.4, -0.2) is 67.5 Å². The Balaban J connectivity index is 1.80. The number of nitrogens with one attached hydrogen (secondary N) is 1. The number of carbonyl (C=O) groups is 1. The van der Waals surface area contributed by atoms with Crippen molar-refractivity contribution in [3.63, 3.8) is 0 Å². The normalized spacial score (nSPS) is 24.2. The van der Waals surface area contributed by atoms with Crippen LogP contribution in [0.25, 0.3) is 0 Å². The van der Waals surface area contributed by atoms with Gasteiger partial charge in [0, 0.05) is 25.7 Å². The second-order valence-electron chi connectivity index (χ2n) is 5.96. The molecule has 7 nitrogen and oxygen atoms in total. The largest absolute Gasteiger partial charge is 0.481 e. The van der Waals surface area contributed by atoms with Gasteiger partial charge in [-0.3, -0.25) is 9.69 Å². The molecule has 2 fully saturated rings. The first kappa shape index (κ1) is 16.7. The molecule has 0 saturated carbocycles. The SMILES string of the molecule is CC(CNS(=O)(=O)N1CCC(C(=O)O)CC1)N1CCCC1. The topological polar surface area (TPSA) is 90.0 Å². The van der Waals surface area contributed by atoms with Crippen molar-refractivity contribution >= 4 is 16.2 Å². The Morgan fingerprint density at radius 1 is 1.24 bits per heavy atom. The van der Waals surface area contributed by atoms with E-state index in [9.17, 15) is 13.2 Å². The average molecular weight is 319 g/mol. The summed E-state index contributed by atoms with van der Waals surface area (Å²) < 4.78 is 28.5. The number of hydrogen-bond donors (Lipinski definition) is 2. The third-order valence-corrected chi connectivity index (χ3v) is 6.04. The Labute approximate surface area is 126 Å². The third-order valence-electron chi connectivity index (χ3n) is 4.47. The van der Waals surface area contributed by atoms with Gasteiger partial charge in [-0.05, 0) is 45.7 Å². The molecule has 122 valence electrons. The molecule has 0 aliphatic carbocycles. The van der Waals surface area contributed by atoms with Crippen LogP contribution in [0.1, 0.15) is 32.6 Å². The molecule has 1 atom stereocenters. The van der Waals surface area contributed by atoms with Gasteiger partial charge in [0.05, 0.1) is 5.92 Å². The number of likely N-dealkylation sites (tertiary alicyclic amines) is 1. The number of nitrogens with zero attached hydrogens (tertiary/aromatic N) is 2. The smallest absolute Gasteiger partial charge is 0.306 e. The number of carboxylic acids is 1. The Bertz CT molecular complexity index is 454. The van der Waals surface area contributed by atoms with Crippen LogP contribution in [0.3, 0.4) is 0 Å². The summed E-state index contributed by atoms with van der Waals surface area (Å²) in [5.41, 5.74) is 0. The number of carboxylic acid groups (broad SMARTS) is 1. The highest BCUT2D eigenvalue weighted by Crippen LogP contribution is 2.19. The van der Waals surface area contributed by atoms with Crippen LogP contribution in [0.2, 0.25) is 0 Å². The van der Waals surface area contributed by atoms with Gasteiger partial charge in [0.25, 0.3) is 10.2 Å². The molecule has 2 rings (SSSR count). The van der Waals surface area contributed by atoms with E-state index in [1.165, 1.54) is 17.1 Å². The van der Waals surface area contributed by atoms with Crippen molar-refractivity contribution in [1.29, 1.82) is 0 Å². The van der Waals surface area contributed by atoms with Crippen molar-refractivity contribution in [2.45, 2.75) is 38.6 Å². The highest BCUT2D eigenvalue weighted by molar-refractivity contribution is 7.87. The predicted molar refractivity (Wildman–Crippen MR) is 79.1 cm³/mol. The van der Waals surface area contributed by atoms with E-state index in [-0.39, 0.29) is 19.1 Å². The van der Waals surface area contributed by atoms with Gasteiger partial charge in [-0.2, -0.15) is 12.7 Å². The monoisotopic (exact) mass is 319 g/mol. The standard InChI is InChI=1S/C13H25N3O4S/c1-11(15-6-2-3-7-15)10-14-21(19,20)16-8-4-12(5-9-16)13(17)18/h11-12,14H,2-10H2,1H3,(H,17,18). The van der Waals surface area contributed by atoms with Gasteiger partial charge in [-0.25, -0.2) is 4.72 Å². The van der Waals surface area contributed by atoms with E-state index in [0.717, 1.165) is 13.1 Å². The van der Waals surface area contributed by atoms with Crippen LogP contribution in [0.15, 0.2) is 0 Å². The molecule has 2 heterocycles. The number of hydrogen-bond acceptors (Lipinski definition) is 4. The van der Waals surface area contributed by atoms with Gasteiger partial charge in [-0.1, -0.05) is 0 Å². The quantitative estimate of drug-likeness (QED) is 0.725. The molecule has 0 aromatic heterocycles. The Morgan fingerprint density at radius 2 is 1.81 bits per heavy atom. The molecule has 1 unspecified atom stereocenters. The zero-order chi connectivity index (χ0) is 15.5. The Kier molecular flexibility index (Phi) is 5.59. The van der Waals surface area contributed by atoms with Crippen LogP contribution in [0, 0.1) is 5.92 Å². The maximum absolute atomic E-state index is 12.2. The third kappa shape index (κ3) is 4.38. The summed E-state index contributed by atoms with van der Waals surface area (Å²) in [6, 6.07) is 0.193. The fourth-order valence-electron chi connectivity index (χ4n) is 2.97. The van der Waals surface area contributed by atoms with Gasteiger partial charge in [0.1, 0.15) is 0 Å². The van der Waals surface area contributed by atoms with Crippen LogP contribution in [0.5, 0.6) is 0 Å². The fraction of sp³-hybridized carbons (Fsp3) is 0.923. The second kappa shape index (κ2) is 7.04. The van der Waals surface area contributed by atoms with E-state index in [1.54, 1.807) is 0 Å². The molecule has 0 spiro atoms. The molecule has 0 aromatic rings. The molecule has 2 aliphatic rings. The van der Waals surface area contributed by atoms with E-state index in [0.29, 0.717) is 19.4 Å². The summed E-state index contributed by atoms with van der Waals surface area (Å²) in [4.78, 5) is 13.2. The molecule has 0 bridgehead atoms. The van der Waals surface area contributed by atoms with Crippen molar-refractivity contribution in [3.8, 4) is 0 Å². The lowest BCUT2D eigenvalue weighted by atomic mass is 9.99. The van der Waals surface area contributed by atoms with Crippen molar-refractivity contribution in [3.05, 3.63) is 0 Å². The number of aliphatic carboxylic acids is 1. The summed E-state index contributed by atoms with van der Waals surface area (Å²) in [5, 5.41) is 8.94. The molecule has 2 aliphatic heterocycles. The lowest BCUT2D eigenvalue weighted by Gasteiger charge is -2.30. The molecule has 0 aromatic carbocycles. The number of piperidine rings is 1. The van der Waals surface area contributed by atoms with Crippen LogP contribution < -0.4 is 4.72 Å². The van der Waals surface area contributed by atoms with Gasteiger partial charge < -0.3 is 5.11 Å². The van der Waals surface area contributed by atoms with Crippen LogP contribution in [0.4, 0.5) is 0 Å². The second-order valence-corrected chi connectivity index (χ2v) is 7.71. The van der Waals surface area contributed by atoms with Gasteiger partial charge in [0.15, 0.2) is 0 Å². The zero-order valence-electron chi connectivity index (χ0n) is 12.5. The van der Waals surface area contributed by atoms with Crippen molar-refractivity contribution in [2.24, 2.45) is 5.92 Å². The van der Waals surface area contributed by atoms with E-state index in [1.807, 2.05) is 6.92 Å². The fourth-order valence-corrected chi connectivity index (χ4v) is 4.30. The molecule has 0 amide bonds. The first-order chi connectivity index (χ1) is 9.90. The zero-order valence-corrected chi connectivity index (χ0v) is 13.3. The van der Waals surface area contributed by atoms with Crippen LogP contribution >= 0.6 is 0 Å². The first-order valence-electron chi connectivity index (χ1n) is 7.62. The molecule has 21 heavy (non-hydrogen) atoms. The summed E-state index contributed by atoms with van der Waals surface area (Å²) in [5.74, 6) is -1.25. The Hall–Kier alpha value is -0.700. The van der Waals surface area contributed by atoms with Crippen molar-refractivity contribution in [1.82, 2.24) is 13.9 Å². The molecule has 2 saturated heterocycles. The summed E-state index contributed by atoms with van der Waals surface area (Å²) >= 11 is 0. The first-order valence-corrected chi connectivity index (χ1v) is 9.06. The van der Waals surface area contributed by atoms with Crippen LogP contribution in [-0.2, 0) is 15.0 Å². The number of rotatable bonds is 6. The molecule has 2 N–H and O–H groups in total. The molecular weight excluding hydrogens is 294 g/mol. The van der Waals surface area contributed by atoms with E-state index in [4.69, 9.17) is 5.11 Å². The lowest BCUT2D eigenvalue weighted by molar-refractivity contribution is -0.142. The highest BCUT2D eigenvalue weighted by Gasteiger charge is 2.31. The summed E-state index contributed by atoms with van der Waals surface area (Å²) in [7, 11) is -3.49. The van der Waals surface area contributed by atoms with Gasteiger partial charge in [-0.15, -0.1) is 0 Å². The lowest BCUT2D eigenvalue weighted by Crippen LogP contribution is -2.49. The van der Waals surface area contributed by atoms with Gasteiger partial charge in [0.2, 0.25) is 0 Å². The molecular formula is C13H25N3O4S. The minimum absolute atomic E-state index is 0.193. The van der Waals surface area contributed by atoms with Crippen molar-refractivity contribution in [2.75, 3.05) is 32.7 Å². The van der Waals surface area contributed by atoms with Crippen molar-refractivity contribution < 1.29 is 18.3 Å². The minimum Gasteiger partial charge on any atom is -0.481 e. The van der Waals surface area contributed by atoms with E-state index in [2.05, 4.69) is 9.62 Å². The van der Waals surface area contributed by atoms with Gasteiger partial charge >= 0.3 is 5.97 Å². The summed E-state index contributed by atoms with van der Waals surface area (Å²) in [6.45, 7) is 5.07. The Morgan fingerprint density at radius 3 is 2.33 bits per heavy atom. The van der Waals surface area contributed by atoms with E-state index >= 15 is 0 Å². The minimum atomic E-state index is -3.49. The molecule has 8 heteroatoms. The summed E-state index contributed by atoms with van der Waals surface area (Å²) in [6.07, 6.45) is 3.13. The van der Waals surface area contributed by atoms with E-state index < -0.39 is 22.1 Å². The maximum Gasteiger partial charge on any atom is 0.306 e. The predicted octanol–water partition coefficient (Wildman–Crippen LogP) is 0.102. The maximum atomic E-state index is 12.2. The average Bonchev–Trinajstić information content (AvgIpc) is 2.99. The highest BCUT2D eigenvalue weighted by atomic mass is 32.2.